The highest BCUT2D eigenvalue weighted by atomic mass is 15.2. The fourth-order valence-electron chi connectivity index (χ4n) is 1.33. The first-order valence-electron chi connectivity index (χ1n) is 4.51. The van der Waals surface area contributed by atoms with Crippen LogP contribution in [0.4, 0.5) is 0 Å². The van der Waals surface area contributed by atoms with Gasteiger partial charge in [0.2, 0.25) is 0 Å². The summed E-state index contributed by atoms with van der Waals surface area (Å²) < 4.78 is 0. The number of hydrogen-bond donors (Lipinski definition) is 0. The Morgan fingerprint density at radius 3 is 2.36 bits per heavy atom. The van der Waals surface area contributed by atoms with Gasteiger partial charge in [-0.3, -0.25) is 0 Å². The Labute approximate surface area is 82.8 Å². The third-order valence-corrected chi connectivity index (χ3v) is 2.01. The van der Waals surface area contributed by atoms with Crippen molar-refractivity contribution in [1.29, 1.82) is 0 Å². The molecule has 0 atom stereocenters. The number of aryl methyl sites for hydroxylation is 2. The minimum atomic E-state index is 0.703. The summed E-state index contributed by atoms with van der Waals surface area (Å²) in [6.07, 6.45) is 0. The quantitative estimate of drug-likeness (QED) is 0.683. The lowest BCUT2D eigenvalue weighted by molar-refractivity contribution is 0.880. The fraction of sp³-hybridized carbons (Fsp3) is 0.182. The highest BCUT2D eigenvalue weighted by Crippen LogP contribution is 2.18. The molecule has 0 unspecified atom stereocenters. The highest BCUT2D eigenvalue weighted by Gasteiger charge is 2.04. The Morgan fingerprint density at radius 1 is 0.929 bits per heavy atom. The zero-order chi connectivity index (χ0) is 9.97. The zero-order valence-electron chi connectivity index (χ0n) is 8.23. The molecule has 0 bridgehead atoms. The van der Waals surface area contributed by atoms with Gasteiger partial charge in [-0.25, -0.2) is 4.98 Å². The number of aromatic nitrogens is 3. The van der Waals surface area contributed by atoms with E-state index in [1.54, 1.807) is 0 Å². The van der Waals surface area contributed by atoms with Gasteiger partial charge in [0.1, 0.15) is 5.82 Å². The molecular formula is C11H11N3. The van der Waals surface area contributed by atoms with Crippen molar-refractivity contribution in [3.05, 3.63) is 41.9 Å². The average Bonchev–Trinajstić information content (AvgIpc) is 2.23. The molecule has 2 rings (SSSR count). The molecule has 0 aliphatic carbocycles. The fourth-order valence-corrected chi connectivity index (χ4v) is 1.33. The van der Waals surface area contributed by atoms with Gasteiger partial charge in [0.25, 0.3) is 0 Å². The first kappa shape index (κ1) is 8.81. The van der Waals surface area contributed by atoms with Crippen LogP contribution in [0.5, 0.6) is 0 Å². The summed E-state index contributed by atoms with van der Waals surface area (Å²) >= 11 is 0. The second-order valence-corrected chi connectivity index (χ2v) is 3.16. The van der Waals surface area contributed by atoms with Crippen molar-refractivity contribution >= 4 is 0 Å². The monoisotopic (exact) mass is 185 g/mol. The molecule has 0 fully saturated rings. The number of rotatable bonds is 1. The van der Waals surface area contributed by atoms with Crippen LogP contribution in [0.25, 0.3) is 11.3 Å². The van der Waals surface area contributed by atoms with Crippen LogP contribution in [-0.4, -0.2) is 15.2 Å². The van der Waals surface area contributed by atoms with Crippen molar-refractivity contribution < 1.29 is 0 Å². The third kappa shape index (κ3) is 1.62. The first-order chi connectivity index (χ1) is 6.77. The summed E-state index contributed by atoms with van der Waals surface area (Å²) in [6.45, 7) is 3.76. The minimum absolute atomic E-state index is 0.703. The molecule has 0 radical (unpaired) electrons. The van der Waals surface area contributed by atoms with Gasteiger partial charge in [-0.2, -0.15) is 5.10 Å². The molecule has 0 aliphatic heterocycles. The Balaban J connectivity index is 2.57. The highest BCUT2D eigenvalue weighted by molar-refractivity contribution is 5.60. The minimum Gasteiger partial charge on any atom is -0.229 e. The lowest BCUT2D eigenvalue weighted by Gasteiger charge is -2.03. The molecule has 14 heavy (non-hydrogen) atoms. The van der Waals surface area contributed by atoms with Crippen LogP contribution in [0.2, 0.25) is 0 Å². The standard InChI is InChI=1S/C11H11N3/c1-8-11(12-9(2)14-13-8)10-6-4-3-5-7-10/h3-7H,1-2H3. The van der Waals surface area contributed by atoms with E-state index in [0.29, 0.717) is 5.82 Å². The van der Waals surface area contributed by atoms with E-state index in [-0.39, 0.29) is 0 Å². The second-order valence-electron chi connectivity index (χ2n) is 3.16. The van der Waals surface area contributed by atoms with Gasteiger partial charge in [-0.05, 0) is 13.8 Å². The summed E-state index contributed by atoms with van der Waals surface area (Å²) in [5, 5.41) is 7.95. The van der Waals surface area contributed by atoms with Crippen molar-refractivity contribution in [2.24, 2.45) is 0 Å². The van der Waals surface area contributed by atoms with E-state index < -0.39 is 0 Å². The van der Waals surface area contributed by atoms with Gasteiger partial charge < -0.3 is 0 Å². The van der Waals surface area contributed by atoms with Crippen LogP contribution in [0.15, 0.2) is 30.3 Å². The van der Waals surface area contributed by atoms with Crippen LogP contribution in [-0.2, 0) is 0 Å². The van der Waals surface area contributed by atoms with E-state index in [1.165, 1.54) is 0 Å². The summed E-state index contributed by atoms with van der Waals surface area (Å²) in [4.78, 5) is 4.37. The molecule has 2 aromatic rings. The maximum Gasteiger partial charge on any atom is 0.148 e. The van der Waals surface area contributed by atoms with Crippen LogP contribution in [0.1, 0.15) is 11.5 Å². The van der Waals surface area contributed by atoms with Crippen LogP contribution < -0.4 is 0 Å². The molecule has 70 valence electrons. The number of hydrogen-bond acceptors (Lipinski definition) is 3. The first-order valence-corrected chi connectivity index (χ1v) is 4.51. The number of nitrogens with zero attached hydrogens (tertiary/aromatic N) is 3. The lowest BCUT2D eigenvalue weighted by atomic mass is 10.1. The maximum absolute atomic E-state index is 4.37. The molecule has 1 aromatic carbocycles. The molecule has 1 aromatic heterocycles. The largest absolute Gasteiger partial charge is 0.229 e. The predicted octanol–water partition coefficient (Wildman–Crippen LogP) is 2.16. The molecular weight excluding hydrogens is 174 g/mol. The van der Waals surface area contributed by atoms with E-state index in [0.717, 1.165) is 17.0 Å². The van der Waals surface area contributed by atoms with Gasteiger partial charge >= 0.3 is 0 Å². The Bertz CT molecular complexity index is 438. The van der Waals surface area contributed by atoms with E-state index in [1.807, 2.05) is 44.2 Å². The number of benzene rings is 1. The van der Waals surface area contributed by atoms with E-state index >= 15 is 0 Å². The normalized spacial score (nSPS) is 10.1. The van der Waals surface area contributed by atoms with Crippen LogP contribution in [0.3, 0.4) is 0 Å². The molecule has 0 N–H and O–H groups in total. The van der Waals surface area contributed by atoms with Gasteiger partial charge in [-0.15, -0.1) is 5.10 Å². The zero-order valence-corrected chi connectivity index (χ0v) is 8.23. The van der Waals surface area contributed by atoms with Gasteiger partial charge in [0, 0.05) is 5.56 Å². The summed E-state index contributed by atoms with van der Waals surface area (Å²) in [7, 11) is 0. The van der Waals surface area contributed by atoms with E-state index in [4.69, 9.17) is 0 Å². The van der Waals surface area contributed by atoms with Crippen LogP contribution >= 0.6 is 0 Å². The molecule has 0 amide bonds. The molecule has 0 spiro atoms. The summed E-state index contributed by atoms with van der Waals surface area (Å²) in [5.41, 5.74) is 2.86. The Morgan fingerprint density at radius 2 is 1.64 bits per heavy atom. The molecule has 0 aliphatic rings. The smallest absolute Gasteiger partial charge is 0.148 e. The van der Waals surface area contributed by atoms with Crippen molar-refractivity contribution in [3.63, 3.8) is 0 Å². The molecule has 1 heterocycles. The van der Waals surface area contributed by atoms with E-state index in [2.05, 4.69) is 15.2 Å². The van der Waals surface area contributed by atoms with Crippen molar-refractivity contribution in [2.45, 2.75) is 13.8 Å². The summed E-state index contributed by atoms with van der Waals surface area (Å²) in [6, 6.07) is 10.0. The maximum atomic E-state index is 4.37. The molecule has 0 saturated carbocycles. The topological polar surface area (TPSA) is 38.7 Å². The second kappa shape index (κ2) is 3.54. The van der Waals surface area contributed by atoms with E-state index in [9.17, 15) is 0 Å². The Hall–Kier alpha value is -1.77. The van der Waals surface area contributed by atoms with Crippen LogP contribution in [0, 0.1) is 13.8 Å². The van der Waals surface area contributed by atoms with Crippen molar-refractivity contribution in [2.75, 3.05) is 0 Å². The molecule has 0 saturated heterocycles. The molecule has 3 nitrogen and oxygen atoms in total. The average molecular weight is 185 g/mol. The Kier molecular flexibility index (Phi) is 2.23. The van der Waals surface area contributed by atoms with Gasteiger partial charge in [0.05, 0.1) is 11.4 Å². The molecule has 3 heteroatoms. The summed E-state index contributed by atoms with van der Waals surface area (Å²) in [5.74, 6) is 0.703. The van der Waals surface area contributed by atoms with Crippen molar-refractivity contribution in [3.8, 4) is 11.3 Å². The third-order valence-electron chi connectivity index (χ3n) is 2.01. The van der Waals surface area contributed by atoms with Gasteiger partial charge in [0.15, 0.2) is 0 Å². The lowest BCUT2D eigenvalue weighted by Crippen LogP contribution is -1.98. The van der Waals surface area contributed by atoms with Gasteiger partial charge in [-0.1, -0.05) is 30.3 Å². The predicted molar refractivity (Wildman–Crippen MR) is 54.7 cm³/mol. The van der Waals surface area contributed by atoms with Crippen molar-refractivity contribution in [1.82, 2.24) is 15.2 Å². The SMILES string of the molecule is Cc1nnc(C)c(-c2ccccc2)n1.